The SMILES string of the molecule is N#CCCN(Cc1cccnc1)Cc1csc(C(=O)O)n1. The van der Waals surface area contributed by atoms with Crippen molar-refractivity contribution in [3.05, 3.63) is 46.2 Å². The molecule has 108 valence electrons. The molecule has 0 fully saturated rings. The zero-order chi connectivity index (χ0) is 15.1. The molecule has 0 aromatic carbocycles. The van der Waals surface area contributed by atoms with Crippen molar-refractivity contribution in [3.8, 4) is 6.07 Å². The zero-order valence-corrected chi connectivity index (χ0v) is 12.1. The summed E-state index contributed by atoms with van der Waals surface area (Å²) in [6, 6.07) is 5.96. The predicted octanol–water partition coefficient (Wildman–Crippen LogP) is 2.15. The highest BCUT2D eigenvalue weighted by molar-refractivity contribution is 7.11. The Morgan fingerprint density at radius 1 is 1.48 bits per heavy atom. The van der Waals surface area contributed by atoms with Crippen LogP contribution in [0.4, 0.5) is 0 Å². The van der Waals surface area contributed by atoms with E-state index < -0.39 is 5.97 Å². The summed E-state index contributed by atoms with van der Waals surface area (Å²) in [5, 5.41) is 19.5. The van der Waals surface area contributed by atoms with Crippen LogP contribution in [0.25, 0.3) is 0 Å². The third-order valence-electron chi connectivity index (χ3n) is 2.79. The van der Waals surface area contributed by atoms with Crippen molar-refractivity contribution in [1.29, 1.82) is 5.26 Å². The quantitative estimate of drug-likeness (QED) is 0.842. The van der Waals surface area contributed by atoms with Gasteiger partial charge in [0.1, 0.15) is 0 Å². The first-order chi connectivity index (χ1) is 10.2. The number of hydrogen-bond donors (Lipinski definition) is 1. The smallest absolute Gasteiger partial charge is 0.365 e. The Bertz CT molecular complexity index is 636. The lowest BCUT2D eigenvalue weighted by Crippen LogP contribution is -2.24. The molecular formula is C14H14N4O2S. The van der Waals surface area contributed by atoms with Crippen molar-refractivity contribution in [2.45, 2.75) is 19.5 Å². The molecule has 6 nitrogen and oxygen atoms in total. The molecule has 2 aromatic heterocycles. The van der Waals surface area contributed by atoms with E-state index in [0.29, 0.717) is 31.7 Å². The lowest BCUT2D eigenvalue weighted by Gasteiger charge is -2.19. The van der Waals surface area contributed by atoms with Crippen molar-refractivity contribution in [2.75, 3.05) is 6.54 Å². The molecule has 0 unspecified atom stereocenters. The number of hydrogen-bond acceptors (Lipinski definition) is 6. The largest absolute Gasteiger partial charge is 0.476 e. The van der Waals surface area contributed by atoms with E-state index in [1.165, 1.54) is 0 Å². The maximum atomic E-state index is 10.8. The van der Waals surface area contributed by atoms with Gasteiger partial charge in [0.05, 0.1) is 11.8 Å². The molecule has 0 aliphatic heterocycles. The van der Waals surface area contributed by atoms with E-state index in [4.69, 9.17) is 10.4 Å². The standard InChI is InChI=1S/C14H14N4O2S/c15-4-2-6-18(8-11-3-1-5-16-7-11)9-12-10-21-13(17-12)14(19)20/h1,3,5,7,10H,2,6,8-9H2,(H,19,20). The highest BCUT2D eigenvalue weighted by Crippen LogP contribution is 2.14. The summed E-state index contributed by atoms with van der Waals surface area (Å²) in [5.41, 5.74) is 1.75. The summed E-state index contributed by atoms with van der Waals surface area (Å²) >= 11 is 1.12. The molecule has 0 radical (unpaired) electrons. The molecule has 7 heteroatoms. The normalized spacial score (nSPS) is 10.5. The zero-order valence-electron chi connectivity index (χ0n) is 11.3. The molecular weight excluding hydrogens is 288 g/mol. The molecule has 0 aliphatic rings. The van der Waals surface area contributed by atoms with Gasteiger partial charge in [0.15, 0.2) is 0 Å². The highest BCUT2D eigenvalue weighted by Gasteiger charge is 2.12. The monoisotopic (exact) mass is 302 g/mol. The van der Waals surface area contributed by atoms with E-state index >= 15 is 0 Å². The van der Waals surface area contributed by atoms with Crippen molar-refractivity contribution in [2.24, 2.45) is 0 Å². The van der Waals surface area contributed by atoms with Crippen molar-refractivity contribution < 1.29 is 9.90 Å². The molecule has 2 aromatic rings. The van der Waals surface area contributed by atoms with Crippen LogP contribution in [0.5, 0.6) is 0 Å². The maximum absolute atomic E-state index is 10.8. The van der Waals surface area contributed by atoms with E-state index in [-0.39, 0.29) is 5.01 Å². The fourth-order valence-electron chi connectivity index (χ4n) is 1.88. The van der Waals surface area contributed by atoms with Crippen molar-refractivity contribution in [1.82, 2.24) is 14.9 Å². The van der Waals surface area contributed by atoms with Gasteiger partial charge in [0, 0.05) is 43.8 Å². The first-order valence-electron chi connectivity index (χ1n) is 6.35. The summed E-state index contributed by atoms with van der Waals surface area (Å²) in [6.07, 6.45) is 3.90. The van der Waals surface area contributed by atoms with Crippen LogP contribution in [0.15, 0.2) is 29.9 Å². The molecule has 0 aliphatic carbocycles. The Morgan fingerprint density at radius 2 is 2.33 bits per heavy atom. The van der Waals surface area contributed by atoms with Crippen molar-refractivity contribution in [3.63, 3.8) is 0 Å². The maximum Gasteiger partial charge on any atom is 0.365 e. The lowest BCUT2D eigenvalue weighted by atomic mass is 10.2. The Balaban J connectivity index is 2.05. The number of nitriles is 1. The molecule has 2 heterocycles. The Hall–Kier alpha value is -2.30. The Labute approximate surface area is 126 Å². The molecule has 0 amide bonds. The van der Waals surface area contributed by atoms with Crippen LogP contribution in [0.3, 0.4) is 0 Å². The molecule has 1 N–H and O–H groups in total. The number of carboxylic acids is 1. The minimum atomic E-state index is -1.01. The molecule has 0 spiro atoms. The van der Waals surface area contributed by atoms with E-state index in [1.807, 2.05) is 12.1 Å². The fourth-order valence-corrected chi connectivity index (χ4v) is 2.52. The van der Waals surface area contributed by atoms with E-state index in [9.17, 15) is 4.79 Å². The number of carboxylic acid groups (broad SMARTS) is 1. The summed E-state index contributed by atoms with van der Waals surface area (Å²) in [7, 11) is 0. The molecule has 0 bridgehead atoms. The van der Waals surface area contributed by atoms with Gasteiger partial charge < -0.3 is 5.11 Å². The van der Waals surface area contributed by atoms with Gasteiger partial charge >= 0.3 is 5.97 Å². The average molecular weight is 302 g/mol. The van der Waals surface area contributed by atoms with Crippen molar-refractivity contribution >= 4 is 17.3 Å². The molecule has 0 saturated carbocycles. The number of pyridine rings is 1. The van der Waals surface area contributed by atoms with Gasteiger partial charge in [0.25, 0.3) is 0 Å². The first-order valence-corrected chi connectivity index (χ1v) is 7.23. The number of aromatic nitrogens is 2. The number of aromatic carboxylic acids is 1. The minimum absolute atomic E-state index is 0.0895. The van der Waals surface area contributed by atoms with Crippen LogP contribution in [0.1, 0.15) is 27.5 Å². The molecule has 0 atom stereocenters. The Kier molecular flexibility index (Phi) is 5.37. The van der Waals surface area contributed by atoms with Crippen LogP contribution in [0.2, 0.25) is 0 Å². The first kappa shape index (κ1) is 15.1. The van der Waals surface area contributed by atoms with Crippen LogP contribution in [-0.2, 0) is 13.1 Å². The predicted molar refractivity (Wildman–Crippen MR) is 77.7 cm³/mol. The molecule has 2 rings (SSSR count). The summed E-state index contributed by atoms with van der Waals surface area (Å²) in [6.45, 7) is 1.77. The minimum Gasteiger partial charge on any atom is -0.476 e. The summed E-state index contributed by atoms with van der Waals surface area (Å²) < 4.78 is 0. The second-order valence-corrected chi connectivity index (χ2v) is 5.29. The number of carbonyl (C=O) groups is 1. The Morgan fingerprint density at radius 3 is 2.95 bits per heavy atom. The van der Waals surface area contributed by atoms with Gasteiger partial charge in [-0.05, 0) is 11.6 Å². The van der Waals surface area contributed by atoms with Gasteiger partial charge in [-0.2, -0.15) is 5.26 Å². The number of rotatable bonds is 7. The van der Waals surface area contributed by atoms with Crippen LogP contribution < -0.4 is 0 Å². The van der Waals surface area contributed by atoms with Crippen LogP contribution >= 0.6 is 11.3 Å². The number of thiazole rings is 1. The van der Waals surface area contributed by atoms with Crippen LogP contribution in [0, 0.1) is 11.3 Å². The van der Waals surface area contributed by atoms with E-state index in [2.05, 4.69) is 20.9 Å². The number of nitrogens with zero attached hydrogens (tertiary/aromatic N) is 4. The van der Waals surface area contributed by atoms with Gasteiger partial charge in [0.2, 0.25) is 5.01 Å². The topological polar surface area (TPSA) is 90.1 Å². The summed E-state index contributed by atoms with van der Waals surface area (Å²) in [4.78, 5) is 21.1. The van der Waals surface area contributed by atoms with Gasteiger partial charge in [-0.3, -0.25) is 9.88 Å². The molecule has 0 saturated heterocycles. The lowest BCUT2D eigenvalue weighted by molar-refractivity contribution is 0.0696. The highest BCUT2D eigenvalue weighted by atomic mass is 32.1. The third-order valence-corrected chi connectivity index (χ3v) is 3.67. The second kappa shape index (κ2) is 7.47. The van der Waals surface area contributed by atoms with E-state index in [0.717, 1.165) is 16.9 Å². The van der Waals surface area contributed by atoms with Gasteiger partial charge in [-0.25, -0.2) is 9.78 Å². The average Bonchev–Trinajstić information content (AvgIpc) is 2.94. The third kappa shape index (κ3) is 4.63. The second-order valence-electron chi connectivity index (χ2n) is 4.43. The fraction of sp³-hybridized carbons (Fsp3) is 0.286. The van der Waals surface area contributed by atoms with Crippen LogP contribution in [-0.4, -0.2) is 32.5 Å². The van der Waals surface area contributed by atoms with Gasteiger partial charge in [-0.1, -0.05) is 6.07 Å². The van der Waals surface area contributed by atoms with E-state index in [1.54, 1.807) is 17.8 Å². The van der Waals surface area contributed by atoms with Gasteiger partial charge in [-0.15, -0.1) is 11.3 Å². The molecule has 21 heavy (non-hydrogen) atoms. The summed E-state index contributed by atoms with van der Waals surface area (Å²) in [5.74, 6) is -1.01.